The van der Waals surface area contributed by atoms with E-state index in [4.69, 9.17) is 5.84 Å². The number of nitrogens with one attached hydrogen (secondary N) is 1. The van der Waals surface area contributed by atoms with Crippen molar-refractivity contribution >= 4 is 10.8 Å². The van der Waals surface area contributed by atoms with Crippen molar-refractivity contribution in [3.63, 3.8) is 0 Å². The van der Waals surface area contributed by atoms with E-state index < -0.39 is 0 Å². The number of pyridine rings is 1. The summed E-state index contributed by atoms with van der Waals surface area (Å²) in [4.78, 5) is 4.49. The van der Waals surface area contributed by atoms with Crippen LogP contribution >= 0.6 is 0 Å². The van der Waals surface area contributed by atoms with Crippen molar-refractivity contribution in [3.05, 3.63) is 42.2 Å². The Morgan fingerprint density at radius 1 is 1.29 bits per heavy atom. The van der Waals surface area contributed by atoms with Gasteiger partial charge in [0.1, 0.15) is 0 Å². The van der Waals surface area contributed by atoms with Crippen LogP contribution in [-0.4, -0.2) is 4.98 Å². The van der Waals surface area contributed by atoms with Crippen LogP contribution in [0.15, 0.2) is 36.5 Å². The van der Waals surface area contributed by atoms with Gasteiger partial charge in [0, 0.05) is 11.6 Å². The molecule has 0 fully saturated rings. The number of benzene rings is 1. The Balaban J connectivity index is 2.38. The molecule has 3 heteroatoms. The van der Waals surface area contributed by atoms with Crippen LogP contribution in [0.25, 0.3) is 10.8 Å². The Morgan fingerprint density at radius 3 is 2.88 bits per heavy atom. The van der Waals surface area contributed by atoms with Crippen LogP contribution in [0.3, 0.4) is 0 Å². The Bertz CT molecular complexity index is 476. The lowest BCUT2D eigenvalue weighted by Gasteiger charge is -2.16. The molecule has 2 rings (SSSR count). The number of unbranched alkanes of at least 4 members (excludes halogenated alkanes) is 1. The van der Waals surface area contributed by atoms with Gasteiger partial charge in [0.15, 0.2) is 0 Å². The van der Waals surface area contributed by atoms with E-state index in [1.807, 2.05) is 24.4 Å². The number of hydrogen-bond donors (Lipinski definition) is 2. The van der Waals surface area contributed by atoms with Gasteiger partial charge in [-0.25, -0.2) is 0 Å². The fourth-order valence-corrected chi connectivity index (χ4v) is 2.13. The van der Waals surface area contributed by atoms with Crippen molar-refractivity contribution in [2.24, 2.45) is 5.84 Å². The maximum Gasteiger partial charge on any atom is 0.0664 e. The molecule has 0 spiro atoms. The molecule has 0 saturated heterocycles. The molecular weight excluding hydrogens is 210 g/mol. The highest BCUT2D eigenvalue weighted by atomic mass is 15.2. The Labute approximate surface area is 102 Å². The fraction of sp³-hybridized carbons (Fsp3) is 0.357. The van der Waals surface area contributed by atoms with Crippen molar-refractivity contribution in [2.75, 3.05) is 0 Å². The monoisotopic (exact) mass is 229 g/mol. The average molecular weight is 229 g/mol. The van der Waals surface area contributed by atoms with Crippen molar-refractivity contribution < 1.29 is 0 Å². The lowest BCUT2D eigenvalue weighted by Crippen LogP contribution is -2.28. The zero-order chi connectivity index (χ0) is 12.1. The lowest BCUT2D eigenvalue weighted by atomic mass is 10.0. The lowest BCUT2D eigenvalue weighted by molar-refractivity contribution is 0.488. The minimum Gasteiger partial charge on any atom is -0.271 e. The molecule has 1 heterocycles. The van der Waals surface area contributed by atoms with E-state index in [1.54, 1.807) is 0 Å². The number of hydrogen-bond acceptors (Lipinski definition) is 3. The molecule has 3 N–H and O–H groups in total. The highest BCUT2D eigenvalue weighted by Crippen LogP contribution is 2.24. The van der Waals surface area contributed by atoms with E-state index in [9.17, 15) is 0 Å². The molecule has 0 aliphatic rings. The van der Waals surface area contributed by atoms with Gasteiger partial charge in [0.25, 0.3) is 0 Å². The standard InChI is InChI=1S/C14H19N3/c1-2-3-8-13(17-15)14-12-7-5-4-6-11(12)9-10-16-14/h4-7,9-10,13,17H,2-3,8,15H2,1H3. The molecule has 0 bridgehead atoms. The van der Waals surface area contributed by atoms with Crippen LogP contribution in [0, 0.1) is 0 Å². The predicted molar refractivity (Wildman–Crippen MR) is 71.3 cm³/mol. The topological polar surface area (TPSA) is 50.9 Å². The molecule has 0 radical (unpaired) electrons. The maximum atomic E-state index is 5.65. The van der Waals surface area contributed by atoms with Crippen LogP contribution in [0.1, 0.15) is 37.9 Å². The van der Waals surface area contributed by atoms with Crippen molar-refractivity contribution in [3.8, 4) is 0 Å². The molecule has 0 amide bonds. The summed E-state index contributed by atoms with van der Waals surface area (Å²) in [5.41, 5.74) is 3.94. The van der Waals surface area contributed by atoms with Gasteiger partial charge in [0.05, 0.1) is 11.7 Å². The first kappa shape index (κ1) is 12.0. The van der Waals surface area contributed by atoms with Crippen molar-refractivity contribution in [1.82, 2.24) is 10.4 Å². The first-order chi connectivity index (χ1) is 8.36. The zero-order valence-electron chi connectivity index (χ0n) is 10.2. The second kappa shape index (κ2) is 5.75. The molecule has 3 nitrogen and oxygen atoms in total. The first-order valence-electron chi connectivity index (χ1n) is 6.16. The van der Waals surface area contributed by atoms with Gasteiger partial charge in [0.2, 0.25) is 0 Å². The summed E-state index contributed by atoms with van der Waals surface area (Å²) in [6.45, 7) is 2.18. The summed E-state index contributed by atoms with van der Waals surface area (Å²) in [7, 11) is 0. The summed E-state index contributed by atoms with van der Waals surface area (Å²) in [6, 6.07) is 10.5. The minimum atomic E-state index is 0.140. The molecule has 0 saturated carbocycles. The van der Waals surface area contributed by atoms with E-state index in [-0.39, 0.29) is 6.04 Å². The number of nitrogens with two attached hydrogens (primary N) is 1. The molecular formula is C14H19N3. The molecule has 1 aromatic heterocycles. The smallest absolute Gasteiger partial charge is 0.0664 e. The summed E-state index contributed by atoms with van der Waals surface area (Å²) in [5.74, 6) is 5.65. The van der Waals surface area contributed by atoms with Crippen LogP contribution in [-0.2, 0) is 0 Å². The number of rotatable bonds is 5. The molecule has 1 aromatic carbocycles. The van der Waals surface area contributed by atoms with E-state index in [0.717, 1.165) is 18.5 Å². The van der Waals surface area contributed by atoms with Gasteiger partial charge >= 0.3 is 0 Å². The summed E-state index contributed by atoms with van der Waals surface area (Å²) in [5, 5.41) is 2.41. The number of hydrazine groups is 1. The van der Waals surface area contributed by atoms with E-state index in [2.05, 4.69) is 29.5 Å². The van der Waals surface area contributed by atoms with Gasteiger partial charge < -0.3 is 0 Å². The number of aromatic nitrogens is 1. The van der Waals surface area contributed by atoms with Crippen molar-refractivity contribution in [2.45, 2.75) is 32.2 Å². The maximum absolute atomic E-state index is 5.65. The third-order valence-electron chi connectivity index (χ3n) is 3.08. The predicted octanol–water partition coefficient (Wildman–Crippen LogP) is 2.93. The highest BCUT2D eigenvalue weighted by Gasteiger charge is 2.13. The summed E-state index contributed by atoms with van der Waals surface area (Å²) >= 11 is 0. The Hall–Kier alpha value is -1.45. The van der Waals surface area contributed by atoms with Crippen molar-refractivity contribution in [1.29, 1.82) is 0 Å². The van der Waals surface area contributed by atoms with E-state index in [1.165, 1.54) is 17.2 Å². The van der Waals surface area contributed by atoms with Gasteiger partial charge in [-0.2, -0.15) is 0 Å². The van der Waals surface area contributed by atoms with Crippen LogP contribution in [0.5, 0.6) is 0 Å². The zero-order valence-corrected chi connectivity index (χ0v) is 10.2. The first-order valence-corrected chi connectivity index (χ1v) is 6.16. The van der Waals surface area contributed by atoms with E-state index >= 15 is 0 Å². The number of fused-ring (bicyclic) bond motifs is 1. The highest BCUT2D eigenvalue weighted by molar-refractivity contribution is 5.84. The summed E-state index contributed by atoms with van der Waals surface area (Å²) in [6.07, 6.45) is 5.20. The fourth-order valence-electron chi connectivity index (χ4n) is 2.13. The molecule has 1 unspecified atom stereocenters. The molecule has 17 heavy (non-hydrogen) atoms. The molecule has 2 aromatic rings. The van der Waals surface area contributed by atoms with Gasteiger partial charge in [-0.15, -0.1) is 0 Å². The Morgan fingerprint density at radius 2 is 2.12 bits per heavy atom. The molecule has 0 aliphatic heterocycles. The van der Waals surface area contributed by atoms with Crippen LogP contribution in [0.2, 0.25) is 0 Å². The quantitative estimate of drug-likeness (QED) is 0.612. The largest absolute Gasteiger partial charge is 0.271 e. The number of nitrogens with zero attached hydrogens (tertiary/aromatic N) is 1. The average Bonchev–Trinajstić information content (AvgIpc) is 2.40. The molecule has 0 aliphatic carbocycles. The summed E-state index contributed by atoms with van der Waals surface area (Å²) < 4.78 is 0. The van der Waals surface area contributed by atoms with Crippen LogP contribution < -0.4 is 11.3 Å². The van der Waals surface area contributed by atoms with Gasteiger partial charge in [-0.1, -0.05) is 44.0 Å². The normalized spacial score (nSPS) is 12.8. The second-order valence-electron chi connectivity index (χ2n) is 4.28. The van der Waals surface area contributed by atoms with E-state index in [0.29, 0.717) is 0 Å². The molecule has 90 valence electrons. The Kier molecular flexibility index (Phi) is 4.07. The van der Waals surface area contributed by atoms with Gasteiger partial charge in [-0.05, 0) is 17.9 Å². The SMILES string of the molecule is CCCCC(NN)c1nccc2ccccc12. The van der Waals surface area contributed by atoms with Gasteiger partial charge in [-0.3, -0.25) is 16.3 Å². The van der Waals surface area contributed by atoms with Crippen LogP contribution in [0.4, 0.5) is 0 Å². The third-order valence-corrected chi connectivity index (χ3v) is 3.08. The molecule has 1 atom stereocenters. The minimum absolute atomic E-state index is 0.140. The third kappa shape index (κ3) is 2.62. The second-order valence-corrected chi connectivity index (χ2v) is 4.28.